The highest BCUT2D eigenvalue weighted by atomic mass is 32.1. The van der Waals surface area contributed by atoms with Crippen molar-refractivity contribution in [2.75, 3.05) is 5.32 Å². The highest BCUT2D eigenvalue weighted by molar-refractivity contribution is 7.80. The van der Waals surface area contributed by atoms with Crippen LogP contribution in [0.1, 0.15) is 44.2 Å². The second-order valence-corrected chi connectivity index (χ2v) is 6.70. The number of benzene rings is 1. The second kappa shape index (κ2) is 6.57. The van der Waals surface area contributed by atoms with E-state index in [9.17, 15) is 0 Å². The number of thiocarbonyl (C=S) groups is 1. The highest BCUT2D eigenvalue weighted by Gasteiger charge is 2.27. The molecule has 3 atom stereocenters. The van der Waals surface area contributed by atoms with E-state index in [1.54, 1.807) is 0 Å². The van der Waals surface area contributed by atoms with Gasteiger partial charge in [-0.05, 0) is 61.5 Å². The molecule has 2 N–H and O–H groups in total. The summed E-state index contributed by atoms with van der Waals surface area (Å²) in [5, 5.41) is 7.62. The summed E-state index contributed by atoms with van der Waals surface area (Å²) in [7, 11) is 0. The van der Waals surface area contributed by atoms with Crippen LogP contribution in [0.15, 0.2) is 18.2 Å². The van der Waals surface area contributed by atoms with E-state index in [0.29, 0.717) is 12.0 Å². The molecule has 20 heavy (non-hydrogen) atoms. The Bertz CT molecular complexity index is 484. The van der Waals surface area contributed by atoms with Crippen LogP contribution >= 0.6 is 12.2 Å². The van der Waals surface area contributed by atoms with Crippen LogP contribution in [0.2, 0.25) is 0 Å². The van der Waals surface area contributed by atoms with Gasteiger partial charge in [0, 0.05) is 11.7 Å². The zero-order valence-electron chi connectivity index (χ0n) is 13.0. The first kappa shape index (κ1) is 15.3. The molecule has 0 radical (unpaired) electrons. The summed E-state index contributed by atoms with van der Waals surface area (Å²) in [4.78, 5) is 0. The summed E-state index contributed by atoms with van der Waals surface area (Å²) >= 11 is 5.49. The molecule has 0 spiro atoms. The summed E-state index contributed by atoms with van der Waals surface area (Å²) in [6.45, 7) is 8.89. The van der Waals surface area contributed by atoms with E-state index < -0.39 is 0 Å². The average molecular weight is 290 g/mol. The molecule has 2 rings (SSSR count). The van der Waals surface area contributed by atoms with Crippen LogP contribution in [0.25, 0.3) is 0 Å². The smallest absolute Gasteiger partial charge is 0.171 e. The third-order valence-corrected chi connectivity index (χ3v) is 4.88. The normalized spacial score (nSPS) is 26.1. The first-order chi connectivity index (χ1) is 9.47. The van der Waals surface area contributed by atoms with Crippen LogP contribution in [0.3, 0.4) is 0 Å². The maximum absolute atomic E-state index is 5.49. The molecule has 0 bridgehead atoms. The van der Waals surface area contributed by atoms with Gasteiger partial charge >= 0.3 is 0 Å². The third-order valence-electron chi connectivity index (χ3n) is 4.66. The highest BCUT2D eigenvalue weighted by Crippen LogP contribution is 2.29. The van der Waals surface area contributed by atoms with E-state index in [2.05, 4.69) is 56.5 Å². The Morgan fingerprint density at radius 3 is 2.70 bits per heavy atom. The van der Waals surface area contributed by atoms with Crippen molar-refractivity contribution in [1.82, 2.24) is 5.32 Å². The molecule has 0 heterocycles. The Hall–Kier alpha value is -1.09. The monoisotopic (exact) mass is 290 g/mol. The lowest BCUT2D eigenvalue weighted by Crippen LogP contribution is -2.45. The molecule has 0 aromatic heterocycles. The average Bonchev–Trinajstić information content (AvgIpc) is 2.39. The van der Waals surface area contributed by atoms with E-state index >= 15 is 0 Å². The molecule has 1 aromatic rings. The van der Waals surface area contributed by atoms with Gasteiger partial charge in [-0.2, -0.15) is 0 Å². The first-order valence-electron chi connectivity index (χ1n) is 7.62. The maximum Gasteiger partial charge on any atom is 0.171 e. The van der Waals surface area contributed by atoms with Gasteiger partial charge in [0.05, 0.1) is 0 Å². The van der Waals surface area contributed by atoms with E-state index in [1.807, 2.05) is 0 Å². The first-order valence-corrected chi connectivity index (χ1v) is 8.03. The Morgan fingerprint density at radius 1 is 1.20 bits per heavy atom. The molecule has 1 aromatic carbocycles. The quantitative estimate of drug-likeness (QED) is 0.789. The minimum absolute atomic E-state index is 0.504. The Labute approximate surface area is 128 Å². The van der Waals surface area contributed by atoms with Gasteiger partial charge in [-0.15, -0.1) is 0 Å². The van der Waals surface area contributed by atoms with Crippen molar-refractivity contribution in [1.29, 1.82) is 0 Å². The van der Waals surface area contributed by atoms with Gasteiger partial charge in [0.15, 0.2) is 5.11 Å². The molecule has 0 saturated heterocycles. The summed E-state index contributed by atoms with van der Waals surface area (Å²) in [5.74, 6) is 1.46. The molecule has 1 saturated carbocycles. The van der Waals surface area contributed by atoms with Gasteiger partial charge in [0.1, 0.15) is 0 Å². The summed E-state index contributed by atoms with van der Waals surface area (Å²) < 4.78 is 0. The number of anilines is 1. The van der Waals surface area contributed by atoms with Crippen LogP contribution in [-0.2, 0) is 0 Å². The predicted molar refractivity (Wildman–Crippen MR) is 91.2 cm³/mol. The Balaban J connectivity index is 1.97. The fourth-order valence-electron chi connectivity index (χ4n) is 2.98. The standard InChI is InChI=1S/C17H26N2S/c1-11-8-9-13(3)16(10-11)19-17(20)18-15-7-5-6-12(2)14(15)4/h8-10,12,14-15H,5-7H2,1-4H3,(H2,18,19,20)/t12-,14-,15+/m0/s1. The second-order valence-electron chi connectivity index (χ2n) is 6.29. The van der Waals surface area contributed by atoms with Crippen molar-refractivity contribution in [3.8, 4) is 0 Å². The van der Waals surface area contributed by atoms with Crippen molar-refractivity contribution in [2.24, 2.45) is 11.8 Å². The van der Waals surface area contributed by atoms with Gasteiger partial charge < -0.3 is 10.6 Å². The lowest BCUT2D eigenvalue weighted by atomic mass is 9.78. The van der Waals surface area contributed by atoms with Gasteiger partial charge in [0.25, 0.3) is 0 Å². The van der Waals surface area contributed by atoms with Crippen molar-refractivity contribution in [3.63, 3.8) is 0 Å². The maximum atomic E-state index is 5.49. The number of aryl methyl sites for hydroxylation is 2. The fraction of sp³-hybridized carbons (Fsp3) is 0.588. The van der Waals surface area contributed by atoms with Crippen LogP contribution in [0, 0.1) is 25.7 Å². The zero-order valence-corrected chi connectivity index (χ0v) is 13.8. The van der Waals surface area contributed by atoms with Gasteiger partial charge in [-0.1, -0.05) is 38.8 Å². The van der Waals surface area contributed by atoms with Crippen LogP contribution in [0.5, 0.6) is 0 Å². The predicted octanol–water partition coefficient (Wildman–Crippen LogP) is 4.41. The molecule has 0 amide bonds. The number of rotatable bonds is 2. The van der Waals surface area contributed by atoms with Crippen LogP contribution < -0.4 is 10.6 Å². The molecule has 1 aliphatic carbocycles. The molecule has 3 heteroatoms. The number of nitrogens with one attached hydrogen (secondary N) is 2. The van der Waals surface area contributed by atoms with E-state index in [4.69, 9.17) is 12.2 Å². The largest absolute Gasteiger partial charge is 0.359 e. The van der Waals surface area contributed by atoms with Gasteiger partial charge in [-0.25, -0.2) is 0 Å². The lowest BCUT2D eigenvalue weighted by molar-refractivity contribution is 0.225. The third kappa shape index (κ3) is 3.72. The van der Waals surface area contributed by atoms with E-state index in [0.717, 1.165) is 16.7 Å². The number of hydrogen-bond donors (Lipinski definition) is 2. The number of hydrogen-bond acceptors (Lipinski definition) is 1. The van der Waals surface area contributed by atoms with Crippen LogP contribution in [0.4, 0.5) is 5.69 Å². The van der Waals surface area contributed by atoms with E-state index in [-0.39, 0.29) is 0 Å². The molecule has 2 nitrogen and oxygen atoms in total. The van der Waals surface area contributed by atoms with Crippen LogP contribution in [-0.4, -0.2) is 11.2 Å². The molecular weight excluding hydrogens is 264 g/mol. The topological polar surface area (TPSA) is 24.1 Å². The van der Waals surface area contributed by atoms with Gasteiger partial charge in [-0.3, -0.25) is 0 Å². The van der Waals surface area contributed by atoms with Crippen molar-refractivity contribution >= 4 is 23.0 Å². The molecule has 0 unspecified atom stereocenters. The van der Waals surface area contributed by atoms with Crippen molar-refractivity contribution in [3.05, 3.63) is 29.3 Å². The molecule has 1 fully saturated rings. The fourth-order valence-corrected chi connectivity index (χ4v) is 3.24. The summed E-state index contributed by atoms with van der Waals surface area (Å²) in [6.07, 6.45) is 3.87. The Morgan fingerprint density at radius 2 is 1.95 bits per heavy atom. The molecule has 110 valence electrons. The molecule has 1 aliphatic rings. The summed E-state index contributed by atoms with van der Waals surface area (Å²) in [6, 6.07) is 6.91. The Kier molecular flexibility index (Phi) is 5.03. The lowest BCUT2D eigenvalue weighted by Gasteiger charge is -2.35. The van der Waals surface area contributed by atoms with Crippen molar-refractivity contribution < 1.29 is 0 Å². The van der Waals surface area contributed by atoms with E-state index in [1.165, 1.54) is 30.4 Å². The van der Waals surface area contributed by atoms with Crippen molar-refractivity contribution in [2.45, 2.75) is 53.0 Å². The SMILES string of the molecule is Cc1ccc(C)c(NC(=S)N[C@@H]2CCC[C@H](C)[C@@H]2C)c1. The minimum atomic E-state index is 0.504. The minimum Gasteiger partial charge on any atom is -0.359 e. The summed E-state index contributed by atoms with van der Waals surface area (Å²) in [5.41, 5.74) is 3.59. The molecule has 0 aliphatic heterocycles. The van der Waals surface area contributed by atoms with Gasteiger partial charge in [0.2, 0.25) is 0 Å². The molecular formula is C17H26N2S. The zero-order chi connectivity index (χ0) is 14.7.